The SMILES string of the molecule is Cc1[nH]nc(-c2ccncc2)c1-c1ccc(-c2cc(S(N)(=O)=O)ccc2C#N)cc1. The van der Waals surface area contributed by atoms with E-state index < -0.39 is 10.0 Å². The maximum absolute atomic E-state index is 11.7. The number of hydrogen-bond donors (Lipinski definition) is 2. The standard InChI is InChI=1S/C22H17N5O2S/c1-14-21(22(27-26-14)17-8-10-25-11-9-17)16-4-2-15(3-5-16)20-12-19(30(24,28)29)7-6-18(20)13-23/h2-12H,1H3,(H,26,27)(H2,24,28,29). The zero-order valence-electron chi connectivity index (χ0n) is 16.0. The van der Waals surface area contributed by atoms with Gasteiger partial charge in [-0.2, -0.15) is 10.4 Å². The summed E-state index contributed by atoms with van der Waals surface area (Å²) in [6.45, 7) is 1.95. The van der Waals surface area contributed by atoms with Crippen LogP contribution >= 0.6 is 0 Å². The van der Waals surface area contributed by atoms with Gasteiger partial charge in [0, 0.05) is 34.8 Å². The summed E-state index contributed by atoms with van der Waals surface area (Å²) in [4.78, 5) is 4.01. The Kier molecular flexibility index (Phi) is 4.91. The molecule has 4 rings (SSSR count). The van der Waals surface area contributed by atoms with Gasteiger partial charge in [0.15, 0.2) is 0 Å². The Bertz CT molecular complexity index is 1370. The number of pyridine rings is 1. The minimum absolute atomic E-state index is 0.0359. The van der Waals surface area contributed by atoms with Gasteiger partial charge < -0.3 is 0 Å². The van der Waals surface area contributed by atoms with Gasteiger partial charge in [0.1, 0.15) is 5.69 Å². The fourth-order valence-electron chi connectivity index (χ4n) is 3.35. The van der Waals surface area contributed by atoms with Crippen LogP contribution in [0, 0.1) is 18.3 Å². The van der Waals surface area contributed by atoms with E-state index in [0.717, 1.165) is 28.1 Å². The number of primary sulfonamides is 1. The van der Waals surface area contributed by atoms with E-state index in [4.69, 9.17) is 5.14 Å². The summed E-state index contributed by atoms with van der Waals surface area (Å²) in [5.74, 6) is 0. The Morgan fingerprint density at radius 2 is 1.63 bits per heavy atom. The Labute approximate surface area is 173 Å². The van der Waals surface area contributed by atoms with Gasteiger partial charge in [-0.05, 0) is 48.4 Å². The number of aromatic amines is 1. The Hall–Kier alpha value is -3.80. The molecule has 8 heteroatoms. The number of H-pyrrole nitrogens is 1. The maximum atomic E-state index is 11.7. The van der Waals surface area contributed by atoms with Crippen LogP contribution in [0.15, 0.2) is 71.9 Å². The molecule has 0 fully saturated rings. The lowest BCUT2D eigenvalue weighted by atomic mass is 9.95. The van der Waals surface area contributed by atoms with Crippen molar-refractivity contribution in [3.05, 3.63) is 78.2 Å². The first-order valence-corrected chi connectivity index (χ1v) is 10.6. The number of nitrogens with one attached hydrogen (secondary N) is 1. The number of sulfonamides is 1. The molecule has 0 unspecified atom stereocenters. The molecule has 0 atom stereocenters. The minimum Gasteiger partial charge on any atom is -0.282 e. The van der Waals surface area contributed by atoms with Crippen LogP contribution in [0.5, 0.6) is 0 Å². The summed E-state index contributed by atoms with van der Waals surface area (Å²) in [5.41, 5.74) is 6.18. The van der Waals surface area contributed by atoms with Gasteiger partial charge in [-0.3, -0.25) is 10.1 Å². The minimum atomic E-state index is -3.87. The third-order valence-corrected chi connectivity index (χ3v) is 5.74. The molecule has 0 saturated carbocycles. The number of nitrogens with two attached hydrogens (primary N) is 1. The van der Waals surface area contributed by atoms with Crippen molar-refractivity contribution in [2.45, 2.75) is 11.8 Å². The van der Waals surface area contributed by atoms with Crippen molar-refractivity contribution in [3.63, 3.8) is 0 Å². The second-order valence-corrected chi connectivity index (χ2v) is 8.31. The van der Waals surface area contributed by atoms with Gasteiger partial charge in [-0.25, -0.2) is 13.6 Å². The van der Waals surface area contributed by atoms with Crippen LogP contribution in [-0.2, 0) is 10.0 Å². The molecule has 0 aliphatic carbocycles. The number of hydrogen-bond acceptors (Lipinski definition) is 5. The third kappa shape index (κ3) is 3.59. The van der Waals surface area contributed by atoms with Crippen molar-refractivity contribution in [2.75, 3.05) is 0 Å². The molecule has 3 N–H and O–H groups in total. The summed E-state index contributed by atoms with van der Waals surface area (Å²) < 4.78 is 23.4. The van der Waals surface area contributed by atoms with Gasteiger partial charge >= 0.3 is 0 Å². The molecule has 2 aromatic heterocycles. The van der Waals surface area contributed by atoms with Gasteiger partial charge in [0.05, 0.1) is 16.5 Å². The van der Waals surface area contributed by atoms with Gasteiger partial charge in [0.2, 0.25) is 10.0 Å². The smallest absolute Gasteiger partial charge is 0.238 e. The first-order chi connectivity index (χ1) is 14.4. The van der Waals surface area contributed by atoms with Crippen molar-refractivity contribution in [1.29, 1.82) is 5.26 Å². The number of rotatable bonds is 4. The number of aryl methyl sites for hydroxylation is 1. The van der Waals surface area contributed by atoms with Crippen LogP contribution in [-0.4, -0.2) is 23.6 Å². The Morgan fingerprint density at radius 3 is 2.27 bits per heavy atom. The van der Waals surface area contributed by atoms with Crippen LogP contribution in [0.1, 0.15) is 11.3 Å². The zero-order valence-corrected chi connectivity index (χ0v) is 16.8. The molecule has 0 radical (unpaired) electrons. The van der Waals surface area contributed by atoms with E-state index in [0.29, 0.717) is 16.7 Å². The van der Waals surface area contributed by atoms with Crippen LogP contribution in [0.2, 0.25) is 0 Å². The van der Waals surface area contributed by atoms with E-state index in [1.54, 1.807) is 12.4 Å². The number of aromatic nitrogens is 3. The average molecular weight is 415 g/mol. The van der Waals surface area contributed by atoms with Crippen LogP contribution in [0.3, 0.4) is 0 Å². The fourth-order valence-corrected chi connectivity index (χ4v) is 3.89. The largest absolute Gasteiger partial charge is 0.282 e. The molecule has 30 heavy (non-hydrogen) atoms. The highest BCUT2D eigenvalue weighted by Crippen LogP contribution is 2.34. The summed E-state index contributed by atoms with van der Waals surface area (Å²) in [6, 6.07) is 17.6. The van der Waals surface area contributed by atoms with Crippen molar-refractivity contribution in [2.24, 2.45) is 5.14 Å². The molecule has 0 aliphatic heterocycles. The predicted octanol–water partition coefficient (Wildman–Crippen LogP) is 3.63. The van der Waals surface area contributed by atoms with Crippen molar-refractivity contribution >= 4 is 10.0 Å². The van der Waals surface area contributed by atoms with Crippen molar-refractivity contribution < 1.29 is 8.42 Å². The molecular formula is C22H17N5O2S. The Balaban J connectivity index is 1.80. The maximum Gasteiger partial charge on any atom is 0.238 e. The number of nitrogens with zero attached hydrogens (tertiary/aromatic N) is 3. The lowest BCUT2D eigenvalue weighted by molar-refractivity contribution is 0.598. The quantitative estimate of drug-likeness (QED) is 0.526. The predicted molar refractivity (Wildman–Crippen MR) is 114 cm³/mol. The lowest BCUT2D eigenvalue weighted by Crippen LogP contribution is -2.12. The summed E-state index contributed by atoms with van der Waals surface area (Å²) in [5, 5.41) is 22.1. The van der Waals surface area contributed by atoms with E-state index in [-0.39, 0.29) is 4.90 Å². The normalized spacial score (nSPS) is 11.2. The molecule has 4 aromatic rings. The molecule has 0 saturated heterocycles. The average Bonchev–Trinajstić information content (AvgIpc) is 3.14. The van der Waals surface area contributed by atoms with Crippen LogP contribution in [0.25, 0.3) is 33.5 Å². The molecule has 7 nitrogen and oxygen atoms in total. The van der Waals surface area contributed by atoms with Crippen molar-refractivity contribution in [3.8, 4) is 39.6 Å². The van der Waals surface area contributed by atoms with Gasteiger partial charge in [-0.1, -0.05) is 24.3 Å². The van der Waals surface area contributed by atoms with E-state index in [9.17, 15) is 13.7 Å². The highest BCUT2D eigenvalue weighted by atomic mass is 32.2. The van der Waals surface area contributed by atoms with E-state index in [1.807, 2.05) is 43.3 Å². The highest BCUT2D eigenvalue weighted by molar-refractivity contribution is 7.89. The second-order valence-electron chi connectivity index (χ2n) is 6.75. The topological polar surface area (TPSA) is 126 Å². The van der Waals surface area contributed by atoms with Crippen LogP contribution in [0.4, 0.5) is 0 Å². The second kappa shape index (κ2) is 7.55. The van der Waals surface area contributed by atoms with Gasteiger partial charge in [-0.15, -0.1) is 0 Å². The molecule has 0 spiro atoms. The van der Waals surface area contributed by atoms with E-state index in [1.165, 1.54) is 18.2 Å². The van der Waals surface area contributed by atoms with Crippen molar-refractivity contribution in [1.82, 2.24) is 15.2 Å². The van der Waals surface area contributed by atoms with E-state index >= 15 is 0 Å². The third-order valence-electron chi connectivity index (χ3n) is 4.83. The molecular weight excluding hydrogens is 398 g/mol. The number of benzene rings is 2. The van der Waals surface area contributed by atoms with Crippen LogP contribution < -0.4 is 5.14 Å². The number of nitriles is 1. The summed E-state index contributed by atoms with van der Waals surface area (Å²) >= 11 is 0. The molecule has 2 heterocycles. The molecule has 2 aromatic carbocycles. The zero-order chi connectivity index (χ0) is 21.3. The lowest BCUT2D eigenvalue weighted by Gasteiger charge is -2.09. The highest BCUT2D eigenvalue weighted by Gasteiger charge is 2.16. The summed E-state index contributed by atoms with van der Waals surface area (Å²) in [6.07, 6.45) is 3.43. The first-order valence-electron chi connectivity index (χ1n) is 9.01. The van der Waals surface area contributed by atoms with E-state index in [2.05, 4.69) is 21.3 Å². The first kappa shape index (κ1) is 19.5. The fraction of sp³-hybridized carbons (Fsp3) is 0.0455. The molecule has 0 amide bonds. The molecule has 0 bridgehead atoms. The Morgan fingerprint density at radius 1 is 0.967 bits per heavy atom. The monoisotopic (exact) mass is 415 g/mol. The summed E-state index contributed by atoms with van der Waals surface area (Å²) in [7, 11) is -3.87. The molecule has 0 aliphatic rings. The molecule has 148 valence electrons. The van der Waals surface area contributed by atoms with Gasteiger partial charge in [0.25, 0.3) is 0 Å².